The smallest absolute Gasteiger partial charge is 0.230 e. The lowest BCUT2D eigenvalue weighted by Gasteiger charge is -2.15. The lowest BCUT2D eigenvalue weighted by atomic mass is 10.4. The van der Waals surface area contributed by atoms with Gasteiger partial charge in [-0.15, -0.1) is 0 Å². The average Bonchev–Trinajstić information content (AvgIpc) is 2.47. The highest BCUT2D eigenvalue weighted by Gasteiger charge is 2.28. The molecule has 2 unspecified atom stereocenters. The topological polar surface area (TPSA) is 74.6 Å². The SMILES string of the molecule is O=P(O)(CCP(=O)(O)c1ccccc1)c1ccccc1. The molecule has 2 rings (SSSR count). The molecule has 2 N–H and O–H groups in total. The first-order valence-corrected chi connectivity index (χ1v) is 9.86. The Morgan fingerprint density at radius 1 is 0.650 bits per heavy atom. The monoisotopic (exact) mass is 310 g/mol. The summed E-state index contributed by atoms with van der Waals surface area (Å²) in [5.41, 5.74) is 0. The molecule has 0 aliphatic heterocycles. The first-order valence-electron chi connectivity index (χ1n) is 6.17. The summed E-state index contributed by atoms with van der Waals surface area (Å²) in [6.45, 7) is 0. The van der Waals surface area contributed by atoms with Crippen molar-refractivity contribution >= 4 is 25.3 Å². The zero-order valence-corrected chi connectivity index (χ0v) is 12.6. The predicted molar refractivity (Wildman–Crippen MR) is 81.5 cm³/mol. The molecular weight excluding hydrogens is 294 g/mol. The van der Waals surface area contributed by atoms with Gasteiger partial charge in [0.1, 0.15) is 0 Å². The molecule has 106 valence electrons. The van der Waals surface area contributed by atoms with E-state index in [1.165, 1.54) is 0 Å². The van der Waals surface area contributed by atoms with Crippen molar-refractivity contribution in [1.29, 1.82) is 0 Å². The van der Waals surface area contributed by atoms with Crippen LogP contribution >= 0.6 is 14.7 Å². The first-order chi connectivity index (χ1) is 9.42. The molecule has 2 atom stereocenters. The fourth-order valence-electron chi connectivity index (χ4n) is 1.85. The van der Waals surface area contributed by atoms with E-state index in [1.54, 1.807) is 60.7 Å². The van der Waals surface area contributed by atoms with E-state index in [1.807, 2.05) is 0 Å². The van der Waals surface area contributed by atoms with Gasteiger partial charge in [0.2, 0.25) is 14.7 Å². The maximum atomic E-state index is 12.2. The van der Waals surface area contributed by atoms with Gasteiger partial charge in [0.25, 0.3) is 0 Å². The summed E-state index contributed by atoms with van der Waals surface area (Å²) in [6, 6.07) is 16.5. The molecule has 6 heteroatoms. The number of benzene rings is 2. The van der Waals surface area contributed by atoms with E-state index in [0.717, 1.165) is 0 Å². The first kappa shape index (κ1) is 15.2. The van der Waals surface area contributed by atoms with Gasteiger partial charge in [-0.1, -0.05) is 36.4 Å². The summed E-state index contributed by atoms with van der Waals surface area (Å²) in [6.07, 6.45) is -0.417. The minimum Gasteiger partial charge on any atom is -0.341 e. The third-order valence-corrected chi connectivity index (χ3v) is 7.25. The number of hydrogen-bond acceptors (Lipinski definition) is 2. The molecule has 0 saturated heterocycles. The zero-order chi connectivity index (χ0) is 14.6. The van der Waals surface area contributed by atoms with Crippen molar-refractivity contribution in [3.63, 3.8) is 0 Å². The van der Waals surface area contributed by atoms with Gasteiger partial charge in [-0.25, -0.2) is 0 Å². The Balaban J connectivity index is 2.12. The minimum absolute atomic E-state index is 0.209. The Hall–Kier alpha value is -1.18. The minimum atomic E-state index is -3.59. The summed E-state index contributed by atoms with van der Waals surface area (Å²) in [4.78, 5) is 20.0. The lowest BCUT2D eigenvalue weighted by molar-refractivity contribution is 0.480. The van der Waals surface area contributed by atoms with E-state index in [2.05, 4.69) is 0 Å². The van der Waals surface area contributed by atoms with E-state index < -0.39 is 14.7 Å². The summed E-state index contributed by atoms with van der Waals surface area (Å²) in [5, 5.41) is 0.626. The molecule has 0 fully saturated rings. The lowest BCUT2D eigenvalue weighted by Crippen LogP contribution is -2.13. The van der Waals surface area contributed by atoms with Crippen LogP contribution in [-0.4, -0.2) is 22.1 Å². The molecule has 2 aromatic carbocycles. The molecule has 0 saturated carbocycles. The molecular formula is C14H16O4P2. The van der Waals surface area contributed by atoms with E-state index in [4.69, 9.17) is 0 Å². The Bertz CT molecular complexity index is 596. The van der Waals surface area contributed by atoms with Crippen molar-refractivity contribution in [1.82, 2.24) is 0 Å². The molecule has 20 heavy (non-hydrogen) atoms. The second kappa shape index (κ2) is 6.07. The van der Waals surface area contributed by atoms with Crippen LogP contribution in [0, 0.1) is 0 Å². The third-order valence-electron chi connectivity index (χ3n) is 3.03. The Morgan fingerprint density at radius 3 is 1.25 bits per heavy atom. The van der Waals surface area contributed by atoms with Crippen LogP contribution in [0.2, 0.25) is 0 Å². The third kappa shape index (κ3) is 3.68. The molecule has 0 aliphatic rings. The summed E-state index contributed by atoms with van der Waals surface area (Å²) < 4.78 is 24.4. The summed E-state index contributed by atoms with van der Waals surface area (Å²) in [5.74, 6) is 0. The van der Waals surface area contributed by atoms with Crippen LogP contribution in [0.15, 0.2) is 60.7 Å². The fourth-order valence-corrected chi connectivity index (χ4v) is 5.81. The Labute approximate surface area is 118 Å². The van der Waals surface area contributed by atoms with Crippen LogP contribution in [0.1, 0.15) is 0 Å². The summed E-state index contributed by atoms with van der Waals surface area (Å²) >= 11 is 0. The zero-order valence-electron chi connectivity index (χ0n) is 10.8. The van der Waals surface area contributed by atoms with Crippen LogP contribution in [0.5, 0.6) is 0 Å². The highest BCUT2D eigenvalue weighted by atomic mass is 31.2. The van der Waals surface area contributed by atoms with Crippen LogP contribution in [0.25, 0.3) is 0 Å². The highest BCUT2D eigenvalue weighted by molar-refractivity contribution is 7.70. The molecule has 0 radical (unpaired) electrons. The molecule has 2 aromatic rings. The molecule has 0 aromatic heterocycles. The second-order valence-corrected chi connectivity index (χ2v) is 9.25. The van der Waals surface area contributed by atoms with Gasteiger partial charge in [-0.05, 0) is 24.3 Å². The second-order valence-electron chi connectivity index (χ2n) is 4.52. The van der Waals surface area contributed by atoms with E-state index in [-0.39, 0.29) is 12.3 Å². The van der Waals surface area contributed by atoms with Crippen LogP contribution < -0.4 is 10.6 Å². The van der Waals surface area contributed by atoms with Crippen LogP contribution in [0.4, 0.5) is 0 Å². The van der Waals surface area contributed by atoms with Crippen LogP contribution in [0.3, 0.4) is 0 Å². The van der Waals surface area contributed by atoms with Gasteiger partial charge in [-0.2, -0.15) is 0 Å². The van der Waals surface area contributed by atoms with Gasteiger partial charge in [-0.3, -0.25) is 9.13 Å². The van der Waals surface area contributed by atoms with Gasteiger partial charge in [0.05, 0.1) is 0 Å². The van der Waals surface area contributed by atoms with Gasteiger partial charge in [0.15, 0.2) is 0 Å². The van der Waals surface area contributed by atoms with Crippen molar-refractivity contribution < 1.29 is 18.9 Å². The molecule has 0 heterocycles. The van der Waals surface area contributed by atoms with Gasteiger partial charge < -0.3 is 9.79 Å². The Kier molecular flexibility index (Phi) is 4.62. The molecule has 0 amide bonds. The van der Waals surface area contributed by atoms with E-state index in [9.17, 15) is 18.9 Å². The quantitative estimate of drug-likeness (QED) is 0.830. The maximum Gasteiger partial charge on any atom is 0.230 e. The Morgan fingerprint density at radius 2 is 0.950 bits per heavy atom. The molecule has 0 spiro atoms. The van der Waals surface area contributed by atoms with Crippen molar-refractivity contribution in [2.45, 2.75) is 0 Å². The average molecular weight is 310 g/mol. The van der Waals surface area contributed by atoms with E-state index >= 15 is 0 Å². The van der Waals surface area contributed by atoms with Crippen molar-refractivity contribution in [2.75, 3.05) is 12.3 Å². The largest absolute Gasteiger partial charge is 0.341 e. The van der Waals surface area contributed by atoms with Gasteiger partial charge in [0, 0.05) is 22.9 Å². The van der Waals surface area contributed by atoms with Crippen molar-refractivity contribution in [3.05, 3.63) is 60.7 Å². The summed E-state index contributed by atoms with van der Waals surface area (Å²) in [7, 11) is -7.19. The maximum absolute atomic E-state index is 12.2. The number of rotatable bonds is 5. The normalized spacial score (nSPS) is 17.1. The van der Waals surface area contributed by atoms with Gasteiger partial charge >= 0.3 is 0 Å². The highest BCUT2D eigenvalue weighted by Crippen LogP contribution is 2.46. The molecule has 0 aliphatic carbocycles. The standard InChI is InChI=1S/C14H16O4P2/c15-19(16,13-7-3-1-4-8-13)11-12-20(17,18)14-9-5-2-6-10-14/h1-10H,11-12H2,(H,15,16)(H,17,18). The molecule has 4 nitrogen and oxygen atoms in total. The van der Waals surface area contributed by atoms with Crippen molar-refractivity contribution in [3.8, 4) is 0 Å². The number of hydrogen-bond donors (Lipinski definition) is 2. The molecule has 0 bridgehead atoms. The predicted octanol–water partition coefficient (Wildman–Crippen LogP) is 2.18. The fraction of sp³-hybridized carbons (Fsp3) is 0.143. The van der Waals surface area contributed by atoms with Crippen molar-refractivity contribution in [2.24, 2.45) is 0 Å². The van der Waals surface area contributed by atoms with Crippen LogP contribution in [-0.2, 0) is 9.13 Å². The van der Waals surface area contributed by atoms with E-state index in [0.29, 0.717) is 10.6 Å².